The molecule has 0 atom stereocenters. The van der Waals surface area contributed by atoms with E-state index in [0.717, 1.165) is 6.07 Å². The lowest BCUT2D eigenvalue weighted by atomic mass is 9.97. The number of piperidine rings is 1. The quantitative estimate of drug-likeness (QED) is 0.415. The van der Waals surface area contributed by atoms with E-state index in [1.807, 2.05) is 0 Å². The van der Waals surface area contributed by atoms with Crippen LogP contribution in [0.1, 0.15) is 24.1 Å². The number of rotatable bonds is 8. The predicted octanol–water partition coefficient (Wildman–Crippen LogP) is 3.56. The second-order valence-corrected chi connectivity index (χ2v) is 12.8. The number of nitrogens with one attached hydrogen (secondary N) is 2. The molecule has 2 aromatic carbocycles. The molecule has 14 heteroatoms. The molecule has 1 aliphatic rings. The Morgan fingerprint density at radius 1 is 1.08 bits per heavy atom. The molecule has 0 saturated carbocycles. The monoisotopic (exact) mass is 581 g/mol. The number of sulfonamides is 2. The fraction of sp³-hybridized carbons (Fsp3) is 0.292. The largest absolute Gasteiger partial charge is 0.326 e. The van der Waals surface area contributed by atoms with Gasteiger partial charge in [-0.2, -0.15) is 0 Å². The van der Waals surface area contributed by atoms with Crippen molar-refractivity contribution >= 4 is 49.2 Å². The van der Waals surface area contributed by atoms with E-state index in [0.29, 0.717) is 11.4 Å². The number of carbonyl (C=O) groups excluding carboxylic acids is 1. The molecule has 38 heavy (non-hydrogen) atoms. The number of amides is 1. The molecule has 0 radical (unpaired) electrons. The molecule has 3 aromatic rings. The molecule has 1 fully saturated rings. The van der Waals surface area contributed by atoms with Crippen LogP contribution in [-0.4, -0.2) is 50.1 Å². The molecule has 1 aromatic heterocycles. The average Bonchev–Trinajstić information content (AvgIpc) is 2.86. The van der Waals surface area contributed by atoms with Gasteiger partial charge in [-0.05, 0) is 62.2 Å². The molecule has 0 bridgehead atoms. The van der Waals surface area contributed by atoms with Gasteiger partial charge in [0.1, 0.15) is 5.82 Å². The Labute approximate surface area is 225 Å². The Bertz CT molecular complexity index is 1520. The van der Waals surface area contributed by atoms with Crippen molar-refractivity contribution in [3.05, 3.63) is 76.8 Å². The van der Waals surface area contributed by atoms with Gasteiger partial charge in [0.2, 0.25) is 21.9 Å². The Morgan fingerprint density at radius 2 is 1.76 bits per heavy atom. The van der Waals surface area contributed by atoms with Gasteiger partial charge in [0.25, 0.3) is 10.0 Å². The van der Waals surface area contributed by atoms with Crippen LogP contribution >= 0.6 is 11.6 Å². The van der Waals surface area contributed by atoms with E-state index >= 15 is 0 Å². The molecule has 0 unspecified atom stereocenters. The standard InChI is InChI=1S/C24H25ClFN5O5S2/c1-16-9-12-27-24(28-16)30-38(35,36)19-7-5-18(6-8-19)29-23(32)17-10-13-31(14-11-17)37(33,34)15-20-21(25)3-2-4-22(20)26/h2-9,12,17H,10-11,13-15H2,1H3,(H,29,32)(H,27,28,30). The van der Waals surface area contributed by atoms with Crippen molar-refractivity contribution in [2.75, 3.05) is 23.1 Å². The molecule has 1 amide bonds. The molecule has 202 valence electrons. The zero-order chi connectivity index (χ0) is 27.5. The van der Waals surface area contributed by atoms with E-state index in [9.17, 15) is 26.0 Å². The number of carbonyl (C=O) groups is 1. The van der Waals surface area contributed by atoms with Crippen LogP contribution in [0.15, 0.2) is 59.6 Å². The third-order valence-corrected chi connectivity index (χ3v) is 9.56. The van der Waals surface area contributed by atoms with Crippen LogP contribution in [0.5, 0.6) is 0 Å². The van der Waals surface area contributed by atoms with Crippen LogP contribution in [0.4, 0.5) is 16.0 Å². The van der Waals surface area contributed by atoms with Crippen LogP contribution in [0.3, 0.4) is 0 Å². The van der Waals surface area contributed by atoms with Crippen molar-refractivity contribution in [2.45, 2.75) is 30.4 Å². The van der Waals surface area contributed by atoms with Crippen LogP contribution in [0.2, 0.25) is 5.02 Å². The maximum Gasteiger partial charge on any atom is 0.264 e. The highest BCUT2D eigenvalue weighted by Gasteiger charge is 2.32. The first-order chi connectivity index (χ1) is 17.9. The number of aryl methyl sites for hydroxylation is 1. The number of benzene rings is 2. The highest BCUT2D eigenvalue weighted by Crippen LogP contribution is 2.27. The molecule has 2 heterocycles. The lowest BCUT2D eigenvalue weighted by Gasteiger charge is -2.30. The fourth-order valence-corrected chi connectivity index (χ4v) is 6.85. The number of anilines is 2. The minimum Gasteiger partial charge on any atom is -0.326 e. The van der Waals surface area contributed by atoms with E-state index in [4.69, 9.17) is 11.6 Å². The zero-order valence-electron chi connectivity index (χ0n) is 20.3. The molecule has 10 nitrogen and oxygen atoms in total. The van der Waals surface area contributed by atoms with Gasteiger partial charge in [-0.15, -0.1) is 0 Å². The molecule has 1 aliphatic heterocycles. The maximum absolute atomic E-state index is 14.1. The average molecular weight is 582 g/mol. The first-order valence-corrected chi connectivity index (χ1v) is 15.1. The number of aromatic nitrogens is 2. The molecule has 4 rings (SSSR count). The Balaban J connectivity index is 1.33. The van der Waals surface area contributed by atoms with Crippen molar-refractivity contribution in [3.8, 4) is 0 Å². The van der Waals surface area contributed by atoms with E-state index in [1.54, 1.807) is 13.0 Å². The fourth-order valence-electron chi connectivity index (χ4n) is 3.98. The summed E-state index contributed by atoms with van der Waals surface area (Å²) < 4.78 is 68.4. The summed E-state index contributed by atoms with van der Waals surface area (Å²) in [5, 5.41) is 2.78. The van der Waals surface area contributed by atoms with Gasteiger partial charge < -0.3 is 5.32 Å². The summed E-state index contributed by atoms with van der Waals surface area (Å²) in [7, 11) is -7.75. The summed E-state index contributed by atoms with van der Waals surface area (Å²) in [5.41, 5.74) is 0.916. The minimum atomic E-state index is -3.93. The van der Waals surface area contributed by atoms with E-state index < -0.39 is 37.5 Å². The predicted molar refractivity (Wildman–Crippen MR) is 141 cm³/mol. The molecule has 2 N–H and O–H groups in total. The summed E-state index contributed by atoms with van der Waals surface area (Å²) in [6.07, 6.45) is 2.00. The van der Waals surface area contributed by atoms with Gasteiger partial charge >= 0.3 is 0 Å². The summed E-state index contributed by atoms with van der Waals surface area (Å²) in [4.78, 5) is 20.6. The second-order valence-electron chi connectivity index (χ2n) is 8.77. The Morgan fingerprint density at radius 3 is 2.39 bits per heavy atom. The lowest BCUT2D eigenvalue weighted by molar-refractivity contribution is -0.120. The summed E-state index contributed by atoms with van der Waals surface area (Å²) >= 11 is 5.97. The topological polar surface area (TPSA) is 138 Å². The van der Waals surface area contributed by atoms with E-state index in [2.05, 4.69) is 20.0 Å². The summed E-state index contributed by atoms with van der Waals surface area (Å²) in [5.74, 6) is -2.04. The van der Waals surface area contributed by atoms with Crippen molar-refractivity contribution in [1.29, 1.82) is 0 Å². The third-order valence-electron chi connectivity index (χ3n) is 6.06. The SMILES string of the molecule is Cc1ccnc(NS(=O)(=O)c2ccc(NC(=O)C3CCN(S(=O)(=O)Cc4c(F)cccc4Cl)CC3)cc2)n1. The molecular formula is C24H25ClFN5O5S2. The van der Waals surface area contributed by atoms with Crippen molar-refractivity contribution in [2.24, 2.45) is 5.92 Å². The van der Waals surface area contributed by atoms with Crippen molar-refractivity contribution in [1.82, 2.24) is 14.3 Å². The minimum absolute atomic E-state index is 0.0333. The van der Waals surface area contributed by atoms with Gasteiger partial charge in [0.05, 0.1) is 10.6 Å². The van der Waals surface area contributed by atoms with Crippen molar-refractivity contribution < 1.29 is 26.0 Å². The normalized spacial score (nSPS) is 15.2. The van der Waals surface area contributed by atoms with Crippen LogP contribution in [0.25, 0.3) is 0 Å². The second kappa shape index (κ2) is 11.3. The number of halogens is 2. The van der Waals surface area contributed by atoms with Gasteiger partial charge in [-0.25, -0.2) is 40.2 Å². The van der Waals surface area contributed by atoms with Gasteiger partial charge in [-0.1, -0.05) is 17.7 Å². The summed E-state index contributed by atoms with van der Waals surface area (Å²) in [6.45, 7) is 1.92. The third kappa shape index (κ3) is 6.65. The Kier molecular flexibility index (Phi) is 8.31. The van der Waals surface area contributed by atoms with Crippen molar-refractivity contribution in [3.63, 3.8) is 0 Å². The zero-order valence-corrected chi connectivity index (χ0v) is 22.7. The van der Waals surface area contributed by atoms with Crippen LogP contribution < -0.4 is 10.0 Å². The van der Waals surface area contributed by atoms with Gasteiger partial charge in [-0.3, -0.25) is 4.79 Å². The first kappa shape index (κ1) is 27.9. The number of hydrogen-bond donors (Lipinski definition) is 2. The number of nitrogens with zero attached hydrogens (tertiary/aromatic N) is 3. The number of hydrogen-bond acceptors (Lipinski definition) is 7. The molecule has 0 aliphatic carbocycles. The highest BCUT2D eigenvalue weighted by molar-refractivity contribution is 7.92. The Hall–Kier alpha value is -3.13. The van der Waals surface area contributed by atoms with Gasteiger partial charge in [0.15, 0.2) is 0 Å². The molecular weight excluding hydrogens is 557 g/mol. The van der Waals surface area contributed by atoms with E-state index in [1.165, 1.54) is 46.9 Å². The molecule has 0 spiro atoms. The molecule has 1 saturated heterocycles. The first-order valence-electron chi connectivity index (χ1n) is 11.6. The van der Waals surface area contributed by atoms with Gasteiger partial charge in [0, 0.05) is 47.2 Å². The van der Waals surface area contributed by atoms with E-state index in [-0.39, 0.29) is 53.3 Å². The van der Waals surface area contributed by atoms with Crippen LogP contribution in [-0.2, 0) is 30.6 Å². The summed E-state index contributed by atoms with van der Waals surface area (Å²) in [6, 6.07) is 11.2. The smallest absolute Gasteiger partial charge is 0.264 e. The van der Waals surface area contributed by atoms with Crippen LogP contribution in [0, 0.1) is 18.7 Å². The maximum atomic E-state index is 14.1. The lowest BCUT2D eigenvalue weighted by Crippen LogP contribution is -2.42. The highest BCUT2D eigenvalue weighted by atomic mass is 35.5.